The quantitative estimate of drug-likeness (QED) is 0.427. The second kappa shape index (κ2) is 10.8. The third kappa shape index (κ3) is 5.67. The number of rotatable bonds is 6. The lowest BCUT2D eigenvalue weighted by atomic mass is 10.1. The molecule has 2 heterocycles. The van der Waals surface area contributed by atoms with Crippen LogP contribution in [-0.4, -0.2) is 49.7 Å². The summed E-state index contributed by atoms with van der Waals surface area (Å²) in [6.45, 7) is 3.24. The minimum atomic E-state index is -0.284. The molecule has 2 aliphatic rings. The first kappa shape index (κ1) is 24.0. The van der Waals surface area contributed by atoms with Crippen LogP contribution >= 0.6 is 12.4 Å². The standard InChI is InChI=1S/C26H24N6O2.ClH/c33-25(31-21-8-4-17(5-9-21)23-27-12-13-28-23)19-2-1-3-20(16-19)26(34)32-22-10-6-18(7-11-22)24-29-14-15-30-24;/h1-11,16H,12-15H2,(H,27,28)(H,29,30)(H,31,33)(H,32,34);1H. The van der Waals surface area contributed by atoms with E-state index in [1.54, 1.807) is 24.3 Å². The molecule has 5 rings (SSSR count). The van der Waals surface area contributed by atoms with Crippen LogP contribution in [-0.2, 0) is 0 Å². The first-order valence-electron chi connectivity index (χ1n) is 11.2. The number of carbonyl (C=O) groups excluding carboxylic acids is 2. The highest BCUT2D eigenvalue weighted by atomic mass is 35.5. The van der Waals surface area contributed by atoms with Crippen molar-refractivity contribution in [2.45, 2.75) is 0 Å². The molecule has 0 radical (unpaired) electrons. The fourth-order valence-corrected chi connectivity index (χ4v) is 3.81. The van der Waals surface area contributed by atoms with Crippen LogP contribution < -0.4 is 21.3 Å². The van der Waals surface area contributed by atoms with Gasteiger partial charge in [0.25, 0.3) is 11.8 Å². The van der Waals surface area contributed by atoms with E-state index in [1.807, 2.05) is 48.5 Å². The molecule has 0 saturated carbocycles. The molecule has 0 bridgehead atoms. The minimum absolute atomic E-state index is 0. The van der Waals surface area contributed by atoms with Crippen molar-refractivity contribution >= 4 is 47.3 Å². The fraction of sp³-hybridized carbons (Fsp3) is 0.154. The highest BCUT2D eigenvalue weighted by Crippen LogP contribution is 2.16. The third-order valence-electron chi connectivity index (χ3n) is 5.57. The van der Waals surface area contributed by atoms with E-state index in [2.05, 4.69) is 31.3 Å². The zero-order valence-electron chi connectivity index (χ0n) is 18.9. The van der Waals surface area contributed by atoms with Gasteiger partial charge in [0.1, 0.15) is 11.7 Å². The van der Waals surface area contributed by atoms with Gasteiger partial charge in [-0.05, 0) is 66.7 Å². The summed E-state index contributed by atoms with van der Waals surface area (Å²) in [7, 11) is 0. The molecule has 2 amide bonds. The van der Waals surface area contributed by atoms with Gasteiger partial charge in [-0.1, -0.05) is 6.07 Å². The van der Waals surface area contributed by atoms with Crippen molar-refractivity contribution < 1.29 is 9.59 Å². The molecule has 0 unspecified atom stereocenters. The second-order valence-corrected chi connectivity index (χ2v) is 7.96. The molecule has 0 aromatic heterocycles. The molecule has 8 nitrogen and oxygen atoms in total. The zero-order valence-corrected chi connectivity index (χ0v) is 19.7. The van der Waals surface area contributed by atoms with Crippen LogP contribution in [0.25, 0.3) is 0 Å². The van der Waals surface area contributed by atoms with Gasteiger partial charge in [0.15, 0.2) is 0 Å². The molecule has 2 aliphatic heterocycles. The van der Waals surface area contributed by atoms with Crippen LogP contribution in [0.4, 0.5) is 11.4 Å². The molecule has 35 heavy (non-hydrogen) atoms. The van der Waals surface area contributed by atoms with E-state index >= 15 is 0 Å². The van der Waals surface area contributed by atoms with Crippen molar-refractivity contribution in [1.29, 1.82) is 0 Å². The fourth-order valence-electron chi connectivity index (χ4n) is 3.81. The number of nitrogens with one attached hydrogen (secondary N) is 4. The Morgan fingerprint density at radius 2 is 1.09 bits per heavy atom. The van der Waals surface area contributed by atoms with Crippen LogP contribution in [0.2, 0.25) is 0 Å². The maximum atomic E-state index is 12.8. The Balaban J connectivity index is 0.00000289. The van der Waals surface area contributed by atoms with E-state index in [-0.39, 0.29) is 24.2 Å². The number of aliphatic imine (C=N–C) groups is 2. The number of halogens is 1. The van der Waals surface area contributed by atoms with Crippen LogP contribution in [0.1, 0.15) is 31.8 Å². The SMILES string of the molecule is Cl.O=C(Nc1ccc(C2=NCCN2)cc1)c1cccc(C(=O)Nc2ccc(C3=NCCN3)cc2)c1. The van der Waals surface area contributed by atoms with Crippen molar-refractivity contribution in [3.8, 4) is 0 Å². The number of anilines is 2. The molecule has 0 aliphatic carbocycles. The first-order chi connectivity index (χ1) is 16.7. The summed E-state index contributed by atoms with van der Waals surface area (Å²) in [4.78, 5) is 34.3. The number of amidine groups is 2. The minimum Gasteiger partial charge on any atom is -0.368 e. The normalized spacial score (nSPS) is 14.1. The Hall–Kier alpha value is -4.17. The molecule has 0 saturated heterocycles. The van der Waals surface area contributed by atoms with Crippen LogP contribution in [0.3, 0.4) is 0 Å². The van der Waals surface area contributed by atoms with Gasteiger partial charge in [-0.25, -0.2) is 0 Å². The van der Waals surface area contributed by atoms with Crippen LogP contribution in [0.5, 0.6) is 0 Å². The number of hydrogen-bond donors (Lipinski definition) is 4. The highest BCUT2D eigenvalue weighted by Gasteiger charge is 2.13. The predicted molar refractivity (Wildman–Crippen MR) is 141 cm³/mol. The maximum Gasteiger partial charge on any atom is 0.255 e. The number of amides is 2. The summed E-state index contributed by atoms with van der Waals surface area (Å²) in [5, 5.41) is 12.2. The summed E-state index contributed by atoms with van der Waals surface area (Å²) in [6.07, 6.45) is 0. The number of hydrogen-bond acceptors (Lipinski definition) is 6. The molecular formula is C26H25ClN6O2. The second-order valence-electron chi connectivity index (χ2n) is 7.96. The zero-order chi connectivity index (χ0) is 23.3. The molecule has 3 aromatic rings. The topological polar surface area (TPSA) is 107 Å². The van der Waals surface area contributed by atoms with Gasteiger partial charge in [0.2, 0.25) is 0 Å². The lowest BCUT2D eigenvalue weighted by molar-refractivity contribution is 0.102. The van der Waals surface area contributed by atoms with Crippen molar-refractivity contribution in [3.05, 3.63) is 95.1 Å². The van der Waals surface area contributed by atoms with Gasteiger partial charge < -0.3 is 21.3 Å². The predicted octanol–water partition coefficient (Wildman–Crippen LogP) is 3.31. The largest absolute Gasteiger partial charge is 0.368 e. The summed E-state index contributed by atoms with van der Waals surface area (Å²) in [5.41, 5.74) is 4.11. The van der Waals surface area contributed by atoms with Crippen LogP contribution in [0.15, 0.2) is 82.8 Å². The Labute approximate surface area is 209 Å². The number of benzene rings is 3. The molecule has 3 aromatic carbocycles. The van der Waals surface area contributed by atoms with E-state index < -0.39 is 0 Å². The molecular weight excluding hydrogens is 464 g/mol. The van der Waals surface area contributed by atoms with Crippen molar-refractivity contribution in [3.63, 3.8) is 0 Å². The monoisotopic (exact) mass is 488 g/mol. The molecule has 0 fully saturated rings. The van der Waals surface area contributed by atoms with Crippen LogP contribution in [0, 0.1) is 0 Å². The van der Waals surface area contributed by atoms with Gasteiger partial charge in [-0.2, -0.15) is 0 Å². The third-order valence-corrected chi connectivity index (χ3v) is 5.57. The van der Waals surface area contributed by atoms with E-state index in [1.165, 1.54) is 0 Å². The molecule has 178 valence electrons. The van der Waals surface area contributed by atoms with Gasteiger partial charge in [-0.3, -0.25) is 19.6 Å². The Morgan fingerprint density at radius 3 is 1.46 bits per heavy atom. The van der Waals surface area contributed by atoms with E-state index in [0.717, 1.165) is 49.0 Å². The van der Waals surface area contributed by atoms with Gasteiger partial charge in [-0.15, -0.1) is 12.4 Å². The summed E-state index contributed by atoms with van der Waals surface area (Å²) in [6, 6.07) is 21.6. The molecule has 4 N–H and O–H groups in total. The van der Waals surface area contributed by atoms with Crippen molar-refractivity contribution in [2.24, 2.45) is 9.98 Å². The lowest BCUT2D eigenvalue weighted by Crippen LogP contribution is -2.19. The van der Waals surface area contributed by atoms with E-state index in [9.17, 15) is 9.59 Å². The summed E-state index contributed by atoms with van der Waals surface area (Å²) < 4.78 is 0. The Kier molecular flexibility index (Phi) is 7.42. The number of nitrogens with zero attached hydrogens (tertiary/aromatic N) is 2. The average Bonchev–Trinajstić information content (AvgIpc) is 3.60. The Morgan fingerprint density at radius 1 is 0.657 bits per heavy atom. The average molecular weight is 489 g/mol. The first-order valence-corrected chi connectivity index (χ1v) is 11.2. The van der Waals surface area contributed by atoms with Crippen molar-refractivity contribution in [2.75, 3.05) is 36.8 Å². The molecule has 9 heteroatoms. The molecule has 0 spiro atoms. The molecule has 0 atom stereocenters. The summed E-state index contributed by atoms with van der Waals surface area (Å²) >= 11 is 0. The number of carbonyl (C=O) groups is 2. The van der Waals surface area contributed by atoms with E-state index in [0.29, 0.717) is 22.5 Å². The van der Waals surface area contributed by atoms with E-state index in [4.69, 9.17) is 0 Å². The van der Waals surface area contributed by atoms with Gasteiger partial charge in [0, 0.05) is 46.7 Å². The maximum absolute atomic E-state index is 12.8. The summed E-state index contributed by atoms with van der Waals surface area (Å²) in [5.74, 6) is 1.17. The Bertz CT molecular complexity index is 1190. The van der Waals surface area contributed by atoms with Gasteiger partial charge >= 0.3 is 0 Å². The highest BCUT2D eigenvalue weighted by molar-refractivity contribution is 6.09. The smallest absolute Gasteiger partial charge is 0.255 e. The van der Waals surface area contributed by atoms with Crippen molar-refractivity contribution in [1.82, 2.24) is 10.6 Å². The lowest BCUT2D eigenvalue weighted by Gasteiger charge is -2.09. The van der Waals surface area contributed by atoms with Gasteiger partial charge in [0.05, 0.1) is 13.1 Å².